The maximum Gasteiger partial charge on any atom is 0.416 e. The number of carboxylic acids is 1. The van der Waals surface area contributed by atoms with Crippen LogP contribution in [0.4, 0.5) is 32.0 Å². The highest BCUT2D eigenvalue weighted by atomic mass is 19.4. The summed E-state index contributed by atoms with van der Waals surface area (Å²) in [5, 5.41) is 12.4. The van der Waals surface area contributed by atoms with Crippen LogP contribution in [0.15, 0.2) is 41.2 Å². The normalized spacial score (nSPS) is 17.9. The number of anilines is 1. The molecule has 2 aromatic carbocycles. The summed E-state index contributed by atoms with van der Waals surface area (Å²) in [6, 6.07) is 6.83. The van der Waals surface area contributed by atoms with Gasteiger partial charge in [0, 0.05) is 36.9 Å². The molecule has 0 radical (unpaired) electrons. The first kappa shape index (κ1) is 31.3. The van der Waals surface area contributed by atoms with Crippen molar-refractivity contribution in [2.45, 2.75) is 64.5 Å². The lowest BCUT2D eigenvalue weighted by Gasteiger charge is -2.33. The molecule has 5 rings (SSSR count). The summed E-state index contributed by atoms with van der Waals surface area (Å²) in [5.74, 6) is -2.82. The maximum absolute atomic E-state index is 14.2. The molecule has 2 fully saturated rings. The van der Waals surface area contributed by atoms with Crippen LogP contribution in [-0.2, 0) is 17.5 Å². The molecule has 236 valence electrons. The second-order valence-electron chi connectivity index (χ2n) is 11.6. The lowest BCUT2D eigenvalue weighted by Crippen LogP contribution is -2.42. The fourth-order valence-electron chi connectivity index (χ4n) is 5.71. The Balaban J connectivity index is 1.39. The van der Waals surface area contributed by atoms with Gasteiger partial charge in [-0.25, -0.2) is 4.98 Å². The number of carbonyl (C=O) groups is 2. The van der Waals surface area contributed by atoms with Gasteiger partial charge >= 0.3 is 18.3 Å². The number of nitrogens with zero attached hydrogens (tertiary/aromatic N) is 3. The number of likely N-dealkylation sites (tertiary alicyclic amines) is 1. The number of nitrogens with one attached hydrogen (secondary N) is 1. The number of hydrogen-bond acceptors (Lipinski definition) is 5. The molecular formula is C30H30F6N4O4. The quantitative estimate of drug-likeness (QED) is 0.305. The average molecular weight is 625 g/mol. The van der Waals surface area contributed by atoms with Gasteiger partial charge in [0.2, 0.25) is 0 Å². The largest absolute Gasteiger partial charge is 0.481 e. The summed E-state index contributed by atoms with van der Waals surface area (Å²) in [7, 11) is 0. The number of aryl methyl sites for hydroxylation is 1. The number of piperidine rings is 1. The van der Waals surface area contributed by atoms with Crippen LogP contribution < -0.4 is 10.9 Å². The van der Waals surface area contributed by atoms with Crippen LogP contribution in [-0.4, -0.2) is 50.7 Å². The molecule has 1 aromatic heterocycles. The molecule has 14 heteroatoms. The Morgan fingerprint density at radius 3 is 2.20 bits per heavy atom. The van der Waals surface area contributed by atoms with Crippen molar-refractivity contribution in [2.24, 2.45) is 11.3 Å². The number of halogens is 6. The molecule has 44 heavy (non-hydrogen) atoms. The van der Waals surface area contributed by atoms with Crippen molar-refractivity contribution in [1.82, 2.24) is 14.5 Å². The number of aromatic nitrogens is 2. The summed E-state index contributed by atoms with van der Waals surface area (Å²) in [6.45, 7) is 2.73. The minimum Gasteiger partial charge on any atom is -0.481 e. The van der Waals surface area contributed by atoms with Crippen LogP contribution >= 0.6 is 0 Å². The van der Waals surface area contributed by atoms with Crippen LogP contribution in [0.5, 0.6) is 0 Å². The zero-order valence-electron chi connectivity index (χ0n) is 23.8. The van der Waals surface area contributed by atoms with Gasteiger partial charge in [0.1, 0.15) is 5.82 Å². The number of fused-ring (bicyclic) bond motifs is 1. The molecule has 2 heterocycles. The topological polar surface area (TPSA) is 105 Å². The number of carboxylic acid groups (broad SMARTS) is 1. The highest BCUT2D eigenvalue weighted by molar-refractivity contribution is 5.94. The first-order chi connectivity index (χ1) is 20.5. The zero-order valence-corrected chi connectivity index (χ0v) is 23.8. The molecule has 8 nitrogen and oxygen atoms in total. The van der Waals surface area contributed by atoms with Crippen molar-refractivity contribution >= 4 is 28.5 Å². The average Bonchev–Trinajstić information content (AvgIpc) is 3.75. The standard InChI is InChI=1S/C30H30F6N4O4/c1-16(37-20-5-3-18(4-6-20)25(41)39-11-7-19(8-12-39)29(31,32)33)21-13-22-24(14-23(21)30(34,35)36)38-17(2)40(26(22)42)15-28(9-10-28)27(43)44/h3-6,13-14,16,19,37H,7-12,15H2,1-2H3,(H,43,44). The molecule has 1 aliphatic carbocycles. The van der Waals surface area contributed by atoms with Crippen LogP contribution in [0, 0.1) is 18.3 Å². The minimum absolute atomic E-state index is 0.0321. The van der Waals surface area contributed by atoms with Gasteiger partial charge < -0.3 is 15.3 Å². The van der Waals surface area contributed by atoms with Crippen molar-refractivity contribution in [3.8, 4) is 0 Å². The Kier molecular flexibility index (Phi) is 7.91. The summed E-state index contributed by atoms with van der Waals surface area (Å²) in [5.41, 5.74) is -2.51. The third kappa shape index (κ3) is 6.11. The Bertz CT molecular complexity index is 1650. The van der Waals surface area contributed by atoms with Gasteiger partial charge in [-0.05, 0) is 81.5 Å². The van der Waals surface area contributed by atoms with E-state index in [1.165, 1.54) is 47.6 Å². The van der Waals surface area contributed by atoms with Crippen LogP contribution in [0.3, 0.4) is 0 Å². The third-order valence-corrected chi connectivity index (χ3v) is 8.62. The van der Waals surface area contributed by atoms with E-state index in [9.17, 15) is 45.8 Å². The third-order valence-electron chi connectivity index (χ3n) is 8.62. The predicted octanol–water partition coefficient (Wildman–Crippen LogP) is 6.18. The highest BCUT2D eigenvalue weighted by Gasteiger charge is 2.51. The van der Waals surface area contributed by atoms with E-state index in [0.29, 0.717) is 18.5 Å². The van der Waals surface area contributed by atoms with Crippen molar-refractivity contribution in [2.75, 3.05) is 18.4 Å². The number of benzene rings is 2. The van der Waals surface area contributed by atoms with Gasteiger partial charge in [-0.1, -0.05) is 0 Å². The molecule has 3 aromatic rings. The van der Waals surface area contributed by atoms with Gasteiger partial charge in [0.05, 0.1) is 27.8 Å². The monoisotopic (exact) mass is 624 g/mol. The minimum atomic E-state index is -4.78. The Morgan fingerprint density at radius 1 is 1.07 bits per heavy atom. The Morgan fingerprint density at radius 2 is 1.68 bits per heavy atom. The molecule has 2 aliphatic rings. The van der Waals surface area contributed by atoms with E-state index in [-0.39, 0.29) is 60.3 Å². The van der Waals surface area contributed by atoms with Gasteiger partial charge in [-0.15, -0.1) is 0 Å². The fourth-order valence-corrected chi connectivity index (χ4v) is 5.71. The van der Waals surface area contributed by atoms with Crippen LogP contribution in [0.1, 0.15) is 66.0 Å². The zero-order chi connectivity index (χ0) is 32.2. The van der Waals surface area contributed by atoms with Crippen LogP contribution in [0.25, 0.3) is 10.9 Å². The molecule has 1 aliphatic heterocycles. The van der Waals surface area contributed by atoms with E-state index in [2.05, 4.69) is 10.3 Å². The second-order valence-corrected chi connectivity index (χ2v) is 11.6. The Hall–Kier alpha value is -4.10. The summed E-state index contributed by atoms with van der Waals surface area (Å²) in [4.78, 5) is 43.5. The molecule has 1 unspecified atom stereocenters. The van der Waals surface area contributed by atoms with Crippen LogP contribution in [0.2, 0.25) is 0 Å². The lowest BCUT2D eigenvalue weighted by atomic mass is 9.96. The molecular weight excluding hydrogens is 594 g/mol. The van der Waals surface area contributed by atoms with E-state index < -0.39 is 52.7 Å². The second kappa shape index (κ2) is 11.1. The van der Waals surface area contributed by atoms with E-state index in [4.69, 9.17) is 0 Å². The SMILES string of the molecule is Cc1nc2cc(C(F)(F)F)c(C(C)Nc3ccc(C(=O)N4CCC(C(F)(F)F)CC4)cc3)cc2c(=O)n1CC1(C(=O)O)CC1. The summed E-state index contributed by atoms with van der Waals surface area (Å²) >= 11 is 0. The lowest BCUT2D eigenvalue weighted by molar-refractivity contribution is -0.183. The molecule has 1 atom stereocenters. The predicted molar refractivity (Wildman–Crippen MR) is 148 cm³/mol. The first-order valence-electron chi connectivity index (χ1n) is 14.1. The van der Waals surface area contributed by atoms with E-state index in [1.54, 1.807) is 0 Å². The summed E-state index contributed by atoms with van der Waals surface area (Å²) < 4.78 is 82.6. The molecule has 1 saturated heterocycles. The molecule has 1 amide bonds. The molecule has 2 N–H and O–H groups in total. The van der Waals surface area contributed by atoms with Gasteiger partial charge in [-0.3, -0.25) is 19.0 Å². The smallest absolute Gasteiger partial charge is 0.416 e. The first-order valence-corrected chi connectivity index (χ1v) is 14.1. The van der Waals surface area contributed by atoms with Gasteiger partial charge in [0.15, 0.2) is 0 Å². The number of aliphatic carboxylic acids is 1. The number of alkyl halides is 6. The van der Waals surface area contributed by atoms with Gasteiger partial charge in [-0.2, -0.15) is 26.3 Å². The molecule has 1 saturated carbocycles. The van der Waals surface area contributed by atoms with Crippen molar-refractivity contribution in [3.05, 3.63) is 69.3 Å². The van der Waals surface area contributed by atoms with E-state index in [1.807, 2.05) is 0 Å². The number of carbonyl (C=O) groups excluding carboxylic acids is 1. The van der Waals surface area contributed by atoms with E-state index in [0.717, 1.165) is 12.1 Å². The highest BCUT2D eigenvalue weighted by Crippen LogP contribution is 2.47. The van der Waals surface area contributed by atoms with Crippen molar-refractivity contribution in [3.63, 3.8) is 0 Å². The summed E-state index contributed by atoms with van der Waals surface area (Å²) in [6.07, 6.45) is -8.68. The fraction of sp³-hybridized carbons (Fsp3) is 0.467. The maximum atomic E-state index is 14.2. The molecule has 0 spiro atoms. The Labute approximate surface area is 247 Å². The van der Waals surface area contributed by atoms with E-state index >= 15 is 0 Å². The number of rotatable bonds is 7. The number of amides is 1. The van der Waals surface area contributed by atoms with Crippen molar-refractivity contribution in [1.29, 1.82) is 0 Å². The molecule has 0 bridgehead atoms. The number of hydrogen-bond donors (Lipinski definition) is 2. The van der Waals surface area contributed by atoms with Gasteiger partial charge in [0.25, 0.3) is 11.5 Å². The van der Waals surface area contributed by atoms with Crippen molar-refractivity contribution < 1.29 is 41.0 Å².